The molecule has 98 valence electrons. The third-order valence-corrected chi connectivity index (χ3v) is 2.61. The summed E-state index contributed by atoms with van der Waals surface area (Å²) in [5.41, 5.74) is 2.42. The van der Waals surface area contributed by atoms with Gasteiger partial charge in [0.05, 0.1) is 6.21 Å². The van der Waals surface area contributed by atoms with Crippen molar-refractivity contribution in [3.8, 4) is 0 Å². The van der Waals surface area contributed by atoms with Gasteiger partial charge in [-0.3, -0.25) is 0 Å². The Hall–Kier alpha value is -2.23. The summed E-state index contributed by atoms with van der Waals surface area (Å²) < 4.78 is 25.8. The highest BCUT2D eigenvalue weighted by atomic mass is 19.1. The van der Waals surface area contributed by atoms with E-state index in [1.165, 1.54) is 12.1 Å². The van der Waals surface area contributed by atoms with Gasteiger partial charge in [-0.25, -0.2) is 8.78 Å². The number of nitrogens with zero attached hydrogens (tertiary/aromatic N) is 1. The molecule has 4 heteroatoms. The average Bonchev–Trinajstić information content (AvgIpc) is 2.35. The lowest BCUT2D eigenvalue weighted by Crippen LogP contribution is -1.92. The van der Waals surface area contributed by atoms with Gasteiger partial charge in [-0.2, -0.15) is 0 Å². The summed E-state index contributed by atoms with van der Waals surface area (Å²) in [6, 6.07) is 10.9. The largest absolute Gasteiger partial charge is 0.391 e. The topological polar surface area (TPSA) is 21.6 Å². The molecule has 2 nitrogen and oxygen atoms in total. The molecule has 2 aromatic rings. The number of hydrogen-bond acceptors (Lipinski definition) is 2. The van der Waals surface area contributed by atoms with Crippen LogP contribution in [0.1, 0.15) is 16.7 Å². The molecular weight excluding hydrogens is 248 g/mol. The predicted octanol–water partition coefficient (Wildman–Crippen LogP) is 3.82. The lowest BCUT2D eigenvalue weighted by molar-refractivity contribution is 0.131. The first-order valence-corrected chi connectivity index (χ1v) is 5.81. The molecule has 19 heavy (non-hydrogen) atoms. The highest BCUT2D eigenvalue weighted by Gasteiger charge is 2.00. The molecule has 2 rings (SSSR count). The maximum absolute atomic E-state index is 12.9. The van der Waals surface area contributed by atoms with Crippen LogP contribution in [-0.4, -0.2) is 6.21 Å². The van der Waals surface area contributed by atoms with E-state index in [9.17, 15) is 8.78 Å². The van der Waals surface area contributed by atoms with Crippen LogP contribution < -0.4 is 0 Å². The van der Waals surface area contributed by atoms with Crippen LogP contribution in [0.2, 0.25) is 0 Å². The highest BCUT2D eigenvalue weighted by molar-refractivity contribution is 5.81. The maximum Gasteiger partial charge on any atom is 0.142 e. The first-order chi connectivity index (χ1) is 9.15. The SMILES string of the molecule is Cc1ccccc1C=NOCc1cc(F)cc(F)c1. The summed E-state index contributed by atoms with van der Waals surface area (Å²) >= 11 is 0. The lowest BCUT2D eigenvalue weighted by Gasteiger charge is -2.01. The van der Waals surface area contributed by atoms with E-state index >= 15 is 0 Å². The van der Waals surface area contributed by atoms with Gasteiger partial charge in [0.25, 0.3) is 0 Å². The monoisotopic (exact) mass is 261 g/mol. The van der Waals surface area contributed by atoms with E-state index in [-0.39, 0.29) is 6.61 Å². The van der Waals surface area contributed by atoms with Crippen LogP contribution in [0.5, 0.6) is 0 Å². The van der Waals surface area contributed by atoms with E-state index in [1.807, 2.05) is 31.2 Å². The number of benzene rings is 2. The van der Waals surface area contributed by atoms with Gasteiger partial charge < -0.3 is 4.84 Å². The smallest absolute Gasteiger partial charge is 0.142 e. The van der Waals surface area contributed by atoms with Crippen LogP contribution in [0, 0.1) is 18.6 Å². The molecule has 0 aliphatic carbocycles. The Morgan fingerprint density at radius 2 is 1.79 bits per heavy atom. The lowest BCUT2D eigenvalue weighted by atomic mass is 10.1. The highest BCUT2D eigenvalue weighted by Crippen LogP contribution is 2.09. The second-order valence-electron chi connectivity index (χ2n) is 4.14. The fourth-order valence-electron chi connectivity index (χ4n) is 1.63. The summed E-state index contributed by atoms with van der Waals surface area (Å²) in [7, 11) is 0. The molecule has 0 saturated heterocycles. The van der Waals surface area contributed by atoms with E-state index in [0.717, 1.165) is 17.2 Å². The molecule has 2 aromatic carbocycles. The minimum Gasteiger partial charge on any atom is -0.391 e. The third kappa shape index (κ3) is 3.88. The maximum atomic E-state index is 12.9. The Morgan fingerprint density at radius 3 is 2.47 bits per heavy atom. The molecule has 0 bridgehead atoms. The minimum absolute atomic E-state index is 0.0249. The molecule has 0 aromatic heterocycles. The van der Waals surface area contributed by atoms with Crippen molar-refractivity contribution in [2.24, 2.45) is 5.16 Å². The summed E-state index contributed by atoms with van der Waals surface area (Å²) in [4.78, 5) is 5.02. The van der Waals surface area contributed by atoms with Gasteiger partial charge in [-0.05, 0) is 35.7 Å². The molecule has 0 spiro atoms. The molecule has 0 amide bonds. The molecular formula is C15H13F2NO. The van der Waals surface area contributed by atoms with Crippen LogP contribution in [0.25, 0.3) is 0 Å². The number of halogens is 2. The molecule has 0 saturated carbocycles. The van der Waals surface area contributed by atoms with Gasteiger partial charge >= 0.3 is 0 Å². The Balaban J connectivity index is 1.95. The fourth-order valence-corrected chi connectivity index (χ4v) is 1.63. The number of rotatable bonds is 4. The van der Waals surface area contributed by atoms with Gasteiger partial charge in [0, 0.05) is 6.07 Å². The Bertz CT molecular complexity index is 576. The van der Waals surface area contributed by atoms with Crippen LogP contribution in [0.3, 0.4) is 0 Å². The molecule has 0 fully saturated rings. The van der Waals surface area contributed by atoms with Crippen molar-refractivity contribution in [2.75, 3.05) is 0 Å². The van der Waals surface area contributed by atoms with Gasteiger partial charge in [0.15, 0.2) is 0 Å². The van der Waals surface area contributed by atoms with Crippen molar-refractivity contribution >= 4 is 6.21 Å². The van der Waals surface area contributed by atoms with Crippen LogP contribution in [0.15, 0.2) is 47.6 Å². The second-order valence-corrected chi connectivity index (χ2v) is 4.14. The molecule has 0 heterocycles. The molecule has 0 radical (unpaired) electrons. The number of oxime groups is 1. The van der Waals surface area contributed by atoms with Gasteiger partial charge in [-0.1, -0.05) is 29.4 Å². The molecule has 0 aliphatic rings. The van der Waals surface area contributed by atoms with Crippen molar-refractivity contribution in [3.05, 3.63) is 70.8 Å². The van der Waals surface area contributed by atoms with Crippen LogP contribution in [-0.2, 0) is 11.4 Å². The Labute approximate surface area is 110 Å². The number of hydrogen-bond donors (Lipinski definition) is 0. The standard InChI is InChI=1S/C15H13F2NO/c1-11-4-2-3-5-13(11)9-18-19-10-12-6-14(16)8-15(17)7-12/h2-9H,10H2,1H3. The molecule has 0 aliphatic heterocycles. The fraction of sp³-hybridized carbons (Fsp3) is 0.133. The molecule has 0 atom stereocenters. The zero-order valence-electron chi connectivity index (χ0n) is 10.4. The van der Waals surface area contributed by atoms with Gasteiger partial charge in [0.2, 0.25) is 0 Å². The van der Waals surface area contributed by atoms with E-state index in [0.29, 0.717) is 5.56 Å². The van der Waals surface area contributed by atoms with E-state index in [2.05, 4.69) is 5.16 Å². The zero-order valence-corrected chi connectivity index (χ0v) is 10.4. The van der Waals surface area contributed by atoms with Crippen molar-refractivity contribution < 1.29 is 13.6 Å². The van der Waals surface area contributed by atoms with Crippen molar-refractivity contribution in [2.45, 2.75) is 13.5 Å². The zero-order chi connectivity index (χ0) is 13.7. The molecule has 0 unspecified atom stereocenters. The van der Waals surface area contributed by atoms with Crippen molar-refractivity contribution in [3.63, 3.8) is 0 Å². The quantitative estimate of drug-likeness (QED) is 0.605. The van der Waals surface area contributed by atoms with Gasteiger partial charge in [0.1, 0.15) is 18.2 Å². The van der Waals surface area contributed by atoms with Crippen LogP contribution in [0.4, 0.5) is 8.78 Å². The summed E-state index contributed by atoms with van der Waals surface area (Å²) in [6.07, 6.45) is 1.57. The normalized spacial score (nSPS) is 10.9. The van der Waals surface area contributed by atoms with Gasteiger partial charge in [-0.15, -0.1) is 0 Å². The first kappa shape index (κ1) is 13.2. The Kier molecular flexibility index (Phi) is 4.23. The predicted molar refractivity (Wildman–Crippen MR) is 69.9 cm³/mol. The summed E-state index contributed by atoms with van der Waals surface area (Å²) in [5.74, 6) is -1.25. The van der Waals surface area contributed by atoms with E-state index < -0.39 is 11.6 Å². The Morgan fingerprint density at radius 1 is 1.11 bits per heavy atom. The third-order valence-electron chi connectivity index (χ3n) is 2.61. The average molecular weight is 261 g/mol. The van der Waals surface area contributed by atoms with Crippen LogP contribution >= 0.6 is 0 Å². The first-order valence-electron chi connectivity index (χ1n) is 5.81. The minimum atomic E-state index is -0.624. The second kappa shape index (κ2) is 6.09. The summed E-state index contributed by atoms with van der Waals surface area (Å²) in [6.45, 7) is 1.99. The van der Waals surface area contributed by atoms with E-state index in [1.54, 1.807) is 6.21 Å². The van der Waals surface area contributed by atoms with E-state index in [4.69, 9.17) is 4.84 Å². The number of aryl methyl sites for hydroxylation is 1. The van der Waals surface area contributed by atoms with Crippen molar-refractivity contribution in [1.29, 1.82) is 0 Å². The van der Waals surface area contributed by atoms with Crippen molar-refractivity contribution in [1.82, 2.24) is 0 Å². The molecule has 0 N–H and O–H groups in total. The summed E-state index contributed by atoms with van der Waals surface area (Å²) in [5, 5.41) is 3.79.